The second-order valence-electron chi connectivity index (χ2n) is 8.18. The lowest BCUT2D eigenvalue weighted by Crippen LogP contribution is -2.37. The molecule has 0 radical (unpaired) electrons. The summed E-state index contributed by atoms with van der Waals surface area (Å²) in [5.74, 6) is 0.0126. The molecule has 2 aromatic carbocycles. The highest BCUT2D eigenvalue weighted by Crippen LogP contribution is 2.37. The predicted molar refractivity (Wildman–Crippen MR) is 132 cm³/mol. The average molecular weight is 498 g/mol. The molecule has 1 amide bonds. The third-order valence-corrected chi connectivity index (χ3v) is 6.59. The first-order chi connectivity index (χ1) is 16.4. The Hall–Kier alpha value is -3.33. The van der Waals surface area contributed by atoms with Crippen molar-refractivity contribution in [3.05, 3.63) is 70.0 Å². The molecule has 4 aromatic rings. The van der Waals surface area contributed by atoms with Gasteiger partial charge in [0.2, 0.25) is 0 Å². The number of aromatic nitrogens is 2. The van der Waals surface area contributed by atoms with E-state index in [1.165, 1.54) is 0 Å². The van der Waals surface area contributed by atoms with Gasteiger partial charge in [0.25, 0.3) is 5.91 Å². The molecule has 1 atom stereocenters. The Kier molecular flexibility index (Phi) is 6.03. The number of nitrogens with two attached hydrogens (primary N) is 1. The first-order valence-corrected chi connectivity index (χ1v) is 11.4. The van der Waals surface area contributed by atoms with Crippen molar-refractivity contribution in [1.82, 2.24) is 15.5 Å². The molecule has 2 aromatic heterocycles. The minimum absolute atomic E-state index is 0.0697. The van der Waals surface area contributed by atoms with Crippen LogP contribution in [-0.4, -0.2) is 40.3 Å². The molecule has 1 aliphatic heterocycles. The van der Waals surface area contributed by atoms with Crippen molar-refractivity contribution >= 4 is 51.6 Å². The van der Waals surface area contributed by atoms with E-state index in [1.807, 2.05) is 18.2 Å². The van der Waals surface area contributed by atoms with Crippen LogP contribution in [0.1, 0.15) is 22.3 Å². The molecule has 0 spiro atoms. The van der Waals surface area contributed by atoms with E-state index >= 15 is 0 Å². The summed E-state index contributed by atoms with van der Waals surface area (Å²) in [6.45, 7) is 1.22. The Balaban J connectivity index is 1.30. The number of rotatable bonds is 5. The Morgan fingerprint density at radius 2 is 2.03 bits per heavy atom. The van der Waals surface area contributed by atoms with Gasteiger partial charge < -0.3 is 25.6 Å². The van der Waals surface area contributed by atoms with Crippen LogP contribution in [0.3, 0.4) is 0 Å². The molecule has 1 unspecified atom stereocenters. The fraction of sp³-hybridized carbons (Fsp3) is 0.208. The third kappa shape index (κ3) is 4.16. The molecule has 0 bridgehead atoms. The lowest BCUT2D eigenvalue weighted by Gasteiger charge is -2.19. The topological polar surface area (TPSA) is 118 Å². The van der Waals surface area contributed by atoms with Gasteiger partial charge in [-0.25, -0.2) is 0 Å². The fourth-order valence-corrected chi connectivity index (χ4v) is 4.75. The SMILES string of the molecule is Nc1noc2c(N3CCC(NC(=O)c4ccc(-c5cncc(CO)c5)cc4Cl)C3)ccc(Cl)c12. The molecular formula is C24H21Cl2N5O3. The smallest absolute Gasteiger partial charge is 0.253 e. The first-order valence-electron chi connectivity index (χ1n) is 10.7. The Morgan fingerprint density at radius 1 is 1.18 bits per heavy atom. The van der Waals surface area contributed by atoms with Crippen LogP contribution < -0.4 is 16.0 Å². The third-order valence-electron chi connectivity index (χ3n) is 5.97. The number of pyridine rings is 1. The van der Waals surface area contributed by atoms with Crippen molar-refractivity contribution in [2.45, 2.75) is 19.1 Å². The zero-order valence-corrected chi connectivity index (χ0v) is 19.5. The van der Waals surface area contributed by atoms with Gasteiger partial charge in [0.05, 0.1) is 33.3 Å². The van der Waals surface area contributed by atoms with Gasteiger partial charge in [-0.05, 0) is 47.9 Å². The lowest BCUT2D eigenvalue weighted by atomic mass is 10.0. The molecule has 1 aliphatic rings. The van der Waals surface area contributed by atoms with Crippen molar-refractivity contribution in [3.8, 4) is 11.1 Å². The number of nitrogen functional groups attached to an aromatic ring is 1. The number of benzene rings is 2. The molecule has 0 saturated carbocycles. The quantitative estimate of drug-likeness (QED) is 0.376. The molecule has 3 heterocycles. The standard InChI is InChI=1S/C24H21Cl2N5O3/c25-18-3-4-20(22-21(18)23(27)30-34-22)31-6-5-16(11-31)29-24(33)17-2-1-14(8-19(17)26)15-7-13(12-32)9-28-10-15/h1-4,7-10,16,32H,5-6,11-12H2,(H2,27,30)(H,29,33). The summed E-state index contributed by atoms with van der Waals surface area (Å²) in [5.41, 5.74) is 9.98. The van der Waals surface area contributed by atoms with Crippen LogP contribution >= 0.6 is 23.2 Å². The van der Waals surface area contributed by atoms with Crippen LogP contribution in [0.4, 0.5) is 11.5 Å². The Labute approximate surface area is 205 Å². The highest BCUT2D eigenvalue weighted by atomic mass is 35.5. The largest absolute Gasteiger partial charge is 0.392 e. The molecule has 34 heavy (non-hydrogen) atoms. The van der Waals surface area contributed by atoms with Gasteiger partial charge >= 0.3 is 0 Å². The van der Waals surface area contributed by atoms with Crippen molar-refractivity contribution < 1.29 is 14.4 Å². The van der Waals surface area contributed by atoms with E-state index in [-0.39, 0.29) is 24.4 Å². The summed E-state index contributed by atoms with van der Waals surface area (Å²) in [5, 5.41) is 17.7. The molecule has 4 N–H and O–H groups in total. The molecule has 174 valence electrons. The molecule has 1 saturated heterocycles. The second kappa shape index (κ2) is 9.13. The number of hydrogen-bond acceptors (Lipinski definition) is 7. The number of amides is 1. The van der Waals surface area contributed by atoms with Crippen molar-refractivity contribution in [1.29, 1.82) is 0 Å². The summed E-state index contributed by atoms with van der Waals surface area (Å²) in [7, 11) is 0. The van der Waals surface area contributed by atoms with Crippen molar-refractivity contribution in [3.63, 3.8) is 0 Å². The van der Waals surface area contributed by atoms with Crippen LogP contribution in [0.5, 0.6) is 0 Å². The van der Waals surface area contributed by atoms with Crippen molar-refractivity contribution in [2.75, 3.05) is 23.7 Å². The summed E-state index contributed by atoms with van der Waals surface area (Å²) < 4.78 is 5.41. The number of carbonyl (C=O) groups excluding carboxylic acids is 1. The van der Waals surface area contributed by atoms with Gasteiger partial charge in [0, 0.05) is 37.1 Å². The number of halogens is 2. The maximum Gasteiger partial charge on any atom is 0.253 e. The monoisotopic (exact) mass is 497 g/mol. The molecule has 1 fully saturated rings. The highest BCUT2D eigenvalue weighted by Gasteiger charge is 2.28. The number of nitrogens with one attached hydrogen (secondary N) is 1. The van der Waals surface area contributed by atoms with Gasteiger partial charge in [0.1, 0.15) is 0 Å². The number of anilines is 2. The number of aliphatic hydroxyl groups is 1. The fourth-order valence-electron chi connectivity index (χ4n) is 4.24. The van der Waals surface area contributed by atoms with Gasteiger partial charge in [-0.3, -0.25) is 9.78 Å². The van der Waals surface area contributed by atoms with Gasteiger partial charge in [-0.1, -0.05) is 34.4 Å². The van der Waals surface area contributed by atoms with Gasteiger partial charge in [0.15, 0.2) is 11.4 Å². The molecule has 0 aliphatic carbocycles. The van der Waals surface area contributed by atoms with E-state index in [2.05, 4.69) is 20.4 Å². The minimum Gasteiger partial charge on any atom is -0.392 e. The Morgan fingerprint density at radius 3 is 2.82 bits per heavy atom. The van der Waals surface area contributed by atoms with E-state index in [4.69, 9.17) is 33.5 Å². The van der Waals surface area contributed by atoms with Gasteiger partial charge in [-0.2, -0.15) is 0 Å². The number of fused-ring (bicyclic) bond motifs is 1. The van der Waals surface area contributed by atoms with E-state index in [1.54, 1.807) is 30.6 Å². The maximum atomic E-state index is 13.0. The van der Waals surface area contributed by atoms with Crippen LogP contribution in [0.2, 0.25) is 10.0 Å². The summed E-state index contributed by atoms with van der Waals surface area (Å²) in [6, 6.07) is 10.7. The number of hydrogen-bond donors (Lipinski definition) is 3. The minimum atomic E-state index is -0.240. The average Bonchev–Trinajstić information content (AvgIpc) is 3.46. The highest BCUT2D eigenvalue weighted by molar-refractivity contribution is 6.36. The molecule has 10 heteroatoms. The number of carbonyl (C=O) groups is 1. The summed E-state index contributed by atoms with van der Waals surface area (Å²) in [4.78, 5) is 19.2. The summed E-state index contributed by atoms with van der Waals surface area (Å²) in [6.07, 6.45) is 4.05. The van der Waals surface area contributed by atoms with Gasteiger partial charge in [-0.15, -0.1) is 0 Å². The number of aliphatic hydroxyl groups excluding tert-OH is 1. The van der Waals surface area contributed by atoms with Crippen LogP contribution in [0.25, 0.3) is 22.1 Å². The van der Waals surface area contributed by atoms with Crippen LogP contribution in [-0.2, 0) is 6.61 Å². The van der Waals surface area contributed by atoms with Crippen molar-refractivity contribution in [2.24, 2.45) is 0 Å². The Bertz CT molecular complexity index is 1390. The second-order valence-corrected chi connectivity index (χ2v) is 8.99. The maximum absolute atomic E-state index is 13.0. The zero-order valence-electron chi connectivity index (χ0n) is 18.0. The van der Waals surface area contributed by atoms with E-state index < -0.39 is 0 Å². The van der Waals surface area contributed by atoms with E-state index in [0.29, 0.717) is 38.7 Å². The van der Waals surface area contributed by atoms with Crippen LogP contribution in [0.15, 0.2) is 53.3 Å². The predicted octanol–water partition coefficient (Wildman–Crippen LogP) is 4.28. The van der Waals surface area contributed by atoms with E-state index in [9.17, 15) is 9.90 Å². The zero-order chi connectivity index (χ0) is 23.8. The molecule has 8 nitrogen and oxygen atoms in total. The normalized spacial score (nSPS) is 15.7. The molecule has 5 rings (SSSR count). The lowest BCUT2D eigenvalue weighted by molar-refractivity contribution is 0.0940. The first kappa shape index (κ1) is 22.5. The molecular weight excluding hydrogens is 477 g/mol. The number of nitrogens with zero attached hydrogens (tertiary/aromatic N) is 3. The van der Waals surface area contributed by atoms with Crippen LogP contribution in [0, 0.1) is 0 Å². The van der Waals surface area contributed by atoms with E-state index in [0.717, 1.165) is 29.8 Å². The summed E-state index contributed by atoms with van der Waals surface area (Å²) >= 11 is 12.7.